The van der Waals surface area contributed by atoms with E-state index in [2.05, 4.69) is 15.6 Å². The summed E-state index contributed by atoms with van der Waals surface area (Å²) in [6.45, 7) is 1.42. The van der Waals surface area contributed by atoms with Crippen LogP contribution in [-0.4, -0.2) is 48.4 Å². The number of hydrogen-bond donors (Lipinski definition) is 3. The van der Waals surface area contributed by atoms with Crippen molar-refractivity contribution < 1.29 is 19.4 Å². The first-order chi connectivity index (χ1) is 10.1. The summed E-state index contributed by atoms with van der Waals surface area (Å²) in [7, 11) is 0. The van der Waals surface area contributed by atoms with Gasteiger partial charge in [-0.25, -0.2) is 9.78 Å². The number of aromatic nitrogens is 1. The van der Waals surface area contributed by atoms with Gasteiger partial charge in [-0.1, -0.05) is 0 Å². The highest BCUT2D eigenvalue weighted by Gasteiger charge is 2.40. The lowest BCUT2D eigenvalue weighted by Crippen LogP contribution is -2.49. The highest BCUT2D eigenvalue weighted by molar-refractivity contribution is 7.07. The van der Waals surface area contributed by atoms with E-state index in [1.54, 1.807) is 5.51 Å². The zero-order valence-corrected chi connectivity index (χ0v) is 12.4. The number of aliphatic carboxylic acids is 1. The first-order valence-electron chi connectivity index (χ1n) is 6.82. The topological polar surface area (TPSA) is 101 Å². The second-order valence-corrected chi connectivity index (χ2v) is 5.76. The Morgan fingerprint density at radius 2 is 2.14 bits per heavy atom. The molecule has 1 saturated heterocycles. The summed E-state index contributed by atoms with van der Waals surface area (Å²) >= 11 is 1.51. The van der Waals surface area contributed by atoms with Crippen molar-refractivity contribution in [3.8, 4) is 0 Å². The van der Waals surface area contributed by atoms with Gasteiger partial charge < -0.3 is 20.5 Å². The quantitative estimate of drug-likeness (QED) is 0.723. The number of carboxylic acids is 1. The SMILES string of the molecule is O=C(NCCc1cscn1)NCC1(C(=O)O)CCOCC1. The highest BCUT2D eigenvalue weighted by atomic mass is 32.1. The van der Waals surface area contributed by atoms with E-state index < -0.39 is 11.4 Å². The van der Waals surface area contributed by atoms with Gasteiger partial charge >= 0.3 is 12.0 Å². The predicted octanol–water partition coefficient (Wildman–Crippen LogP) is 0.866. The lowest BCUT2D eigenvalue weighted by atomic mass is 9.80. The molecule has 1 aliphatic heterocycles. The Morgan fingerprint density at radius 3 is 2.76 bits per heavy atom. The van der Waals surface area contributed by atoms with E-state index in [0.717, 1.165) is 5.69 Å². The molecule has 0 atom stereocenters. The van der Waals surface area contributed by atoms with Gasteiger partial charge in [0, 0.05) is 38.1 Å². The standard InChI is InChI=1S/C13H19N3O4S/c17-11(18)13(2-5-20-6-3-13)8-15-12(19)14-4-1-10-7-21-9-16-10/h7,9H,1-6,8H2,(H,17,18)(H2,14,15,19). The van der Waals surface area contributed by atoms with E-state index >= 15 is 0 Å². The highest BCUT2D eigenvalue weighted by Crippen LogP contribution is 2.29. The van der Waals surface area contributed by atoms with Crippen LogP contribution in [0.2, 0.25) is 0 Å². The van der Waals surface area contributed by atoms with Crippen molar-refractivity contribution in [1.29, 1.82) is 0 Å². The van der Waals surface area contributed by atoms with Crippen molar-refractivity contribution in [2.45, 2.75) is 19.3 Å². The summed E-state index contributed by atoms with van der Waals surface area (Å²) in [5.74, 6) is -0.881. The minimum absolute atomic E-state index is 0.119. The van der Waals surface area contributed by atoms with Crippen LogP contribution in [0.25, 0.3) is 0 Å². The Bertz CT molecular complexity index is 472. The molecule has 2 rings (SSSR count). The van der Waals surface area contributed by atoms with Crippen LogP contribution >= 0.6 is 11.3 Å². The number of hydrogen-bond acceptors (Lipinski definition) is 5. The molecule has 116 valence electrons. The summed E-state index contributed by atoms with van der Waals surface area (Å²) in [5, 5.41) is 16.7. The second-order valence-electron chi connectivity index (χ2n) is 5.04. The van der Waals surface area contributed by atoms with Crippen molar-refractivity contribution in [3.05, 3.63) is 16.6 Å². The molecule has 0 aliphatic carbocycles. The van der Waals surface area contributed by atoms with Crippen molar-refractivity contribution in [1.82, 2.24) is 15.6 Å². The van der Waals surface area contributed by atoms with Crippen molar-refractivity contribution in [2.75, 3.05) is 26.3 Å². The molecule has 0 spiro atoms. The zero-order chi connectivity index (χ0) is 15.1. The zero-order valence-electron chi connectivity index (χ0n) is 11.6. The summed E-state index contributed by atoms with van der Waals surface area (Å²) in [4.78, 5) is 27.3. The molecule has 0 unspecified atom stereocenters. The lowest BCUT2D eigenvalue weighted by molar-refractivity contribution is -0.154. The molecule has 8 heteroatoms. The first-order valence-corrected chi connectivity index (χ1v) is 7.77. The molecule has 1 fully saturated rings. The Balaban J connectivity index is 1.72. The van der Waals surface area contributed by atoms with Crippen LogP contribution in [0.1, 0.15) is 18.5 Å². The fraction of sp³-hybridized carbons (Fsp3) is 0.615. The number of carboxylic acid groups (broad SMARTS) is 1. The molecule has 0 radical (unpaired) electrons. The van der Waals surface area contributed by atoms with Gasteiger partial charge in [-0.05, 0) is 12.8 Å². The minimum Gasteiger partial charge on any atom is -0.481 e. The summed E-state index contributed by atoms with van der Waals surface area (Å²) in [6.07, 6.45) is 1.50. The number of carbonyl (C=O) groups is 2. The van der Waals surface area contributed by atoms with Crippen molar-refractivity contribution in [2.24, 2.45) is 5.41 Å². The first kappa shape index (κ1) is 15.7. The van der Waals surface area contributed by atoms with E-state index in [4.69, 9.17) is 4.74 Å². The number of nitrogens with zero attached hydrogens (tertiary/aromatic N) is 1. The Kier molecular flexibility index (Phi) is 5.51. The maximum Gasteiger partial charge on any atom is 0.314 e. The van der Waals surface area contributed by atoms with Crippen LogP contribution in [0.5, 0.6) is 0 Å². The fourth-order valence-corrected chi connectivity index (χ4v) is 2.80. The average Bonchev–Trinajstić information content (AvgIpc) is 2.99. The largest absolute Gasteiger partial charge is 0.481 e. The molecule has 2 heterocycles. The smallest absolute Gasteiger partial charge is 0.314 e. The van der Waals surface area contributed by atoms with Crippen LogP contribution in [0, 0.1) is 5.41 Å². The van der Waals surface area contributed by atoms with Gasteiger partial charge in [0.05, 0.1) is 16.6 Å². The van der Waals surface area contributed by atoms with Crippen LogP contribution in [0.3, 0.4) is 0 Å². The number of carbonyl (C=O) groups excluding carboxylic acids is 1. The molecule has 3 N–H and O–H groups in total. The van der Waals surface area contributed by atoms with E-state index in [1.165, 1.54) is 11.3 Å². The molecule has 0 bridgehead atoms. The van der Waals surface area contributed by atoms with E-state index in [-0.39, 0.29) is 12.6 Å². The third kappa shape index (κ3) is 4.40. The third-order valence-corrected chi connectivity index (χ3v) is 4.28. The number of ether oxygens (including phenoxy) is 1. The van der Waals surface area contributed by atoms with Gasteiger partial charge in [0.2, 0.25) is 0 Å². The Morgan fingerprint density at radius 1 is 1.38 bits per heavy atom. The van der Waals surface area contributed by atoms with Gasteiger partial charge in [0.15, 0.2) is 0 Å². The van der Waals surface area contributed by atoms with E-state index in [0.29, 0.717) is 39.0 Å². The van der Waals surface area contributed by atoms with Crippen molar-refractivity contribution in [3.63, 3.8) is 0 Å². The van der Waals surface area contributed by atoms with Gasteiger partial charge in [-0.2, -0.15) is 0 Å². The van der Waals surface area contributed by atoms with Crippen molar-refractivity contribution >= 4 is 23.3 Å². The Labute approximate surface area is 126 Å². The summed E-state index contributed by atoms with van der Waals surface area (Å²) < 4.78 is 5.19. The Hall–Kier alpha value is -1.67. The molecule has 0 aromatic carbocycles. The van der Waals surface area contributed by atoms with Gasteiger partial charge in [0.1, 0.15) is 0 Å². The minimum atomic E-state index is -0.912. The van der Waals surface area contributed by atoms with Gasteiger partial charge in [0.25, 0.3) is 0 Å². The second kappa shape index (κ2) is 7.37. The predicted molar refractivity (Wildman–Crippen MR) is 77.3 cm³/mol. The molecular formula is C13H19N3O4S. The van der Waals surface area contributed by atoms with Crippen LogP contribution < -0.4 is 10.6 Å². The third-order valence-electron chi connectivity index (χ3n) is 3.64. The van der Waals surface area contributed by atoms with Gasteiger partial charge in [-0.15, -0.1) is 11.3 Å². The summed E-state index contributed by atoms with van der Waals surface area (Å²) in [5.41, 5.74) is 1.77. The summed E-state index contributed by atoms with van der Waals surface area (Å²) in [6, 6.07) is -0.350. The van der Waals surface area contributed by atoms with E-state index in [1.807, 2.05) is 5.38 Å². The van der Waals surface area contributed by atoms with Gasteiger partial charge in [-0.3, -0.25) is 4.79 Å². The molecule has 1 aromatic heterocycles. The monoisotopic (exact) mass is 313 g/mol. The number of rotatable bonds is 6. The lowest BCUT2D eigenvalue weighted by Gasteiger charge is -2.33. The van der Waals surface area contributed by atoms with E-state index in [9.17, 15) is 14.7 Å². The van der Waals surface area contributed by atoms with Crippen LogP contribution in [-0.2, 0) is 16.0 Å². The molecule has 21 heavy (non-hydrogen) atoms. The molecule has 7 nitrogen and oxygen atoms in total. The van der Waals surface area contributed by atoms with Crippen LogP contribution in [0.4, 0.5) is 4.79 Å². The molecule has 1 aliphatic rings. The number of urea groups is 1. The molecule has 0 saturated carbocycles. The maximum absolute atomic E-state index is 11.7. The molecule has 2 amide bonds. The molecular weight excluding hydrogens is 294 g/mol. The average molecular weight is 313 g/mol. The maximum atomic E-state index is 11.7. The normalized spacial score (nSPS) is 17.1. The van der Waals surface area contributed by atoms with Crippen LogP contribution in [0.15, 0.2) is 10.9 Å². The fourth-order valence-electron chi connectivity index (χ4n) is 2.21. The number of nitrogens with one attached hydrogen (secondary N) is 2. The number of thiazole rings is 1. The molecule has 1 aromatic rings. The number of amides is 2.